The van der Waals surface area contributed by atoms with Gasteiger partial charge in [-0.05, 0) is 92.4 Å². The first-order valence-corrected chi connectivity index (χ1v) is 11.7. The molecule has 1 heterocycles. The van der Waals surface area contributed by atoms with Crippen molar-refractivity contribution in [2.45, 2.75) is 63.8 Å². The van der Waals surface area contributed by atoms with Crippen LogP contribution in [-0.4, -0.2) is 25.5 Å². The van der Waals surface area contributed by atoms with Crippen molar-refractivity contribution in [3.63, 3.8) is 0 Å². The van der Waals surface area contributed by atoms with Crippen molar-refractivity contribution in [1.29, 1.82) is 0 Å². The van der Waals surface area contributed by atoms with Crippen LogP contribution in [0.4, 0.5) is 5.69 Å². The summed E-state index contributed by atoms with van der Waals surface area (Å²) in [5.41, 5.74) is 7.54. The van der Waals surface area contributed by atoms with Crippen LogP contribution in [0.1, 0.15) is 59.9 Å². The minimum Gasteiger partial charge on any atom is -0.313 e. The lowest BCUT2D eigenvalue weighted by atomic mass is 9.52. The highest BCUT2D eigenvalue weighted by atomic mass is 16.2. The number of anilines is 1. The van der Waals surface area contributed by atoms with Crippen molar-refractivity contribution in [3.8, 4) is 11.8 Å². The molecule has 5 rings (SSSR count). The number of benzene rings is 2. The van der Waals surface area contributed by atoms with E-state index in [0.29, 0.717) is 11.5 Å². The molecule has 1 amide bonds. The minimum atomic E-state index is -0.145. The number of fused-ring (bicyclic) bond motifs is 1. The molecule has 3 aliphatic rings. The fraction of sp³-hybridized carbons (Fsp3) is 0.464. The number of amides is 1. The second-order valence-corrected chi connectivity index (χ2v) is 9.74. The first kappa shape index (κ1) is 20.3. The topological polar surface area (TPSA) is 32.3 Å². The van der Waals surface area contributed by atoms with Gasteiger partial charge in [-0.3, -0.25) is 4.79 Å². The first-order valence-electron chi connectivity index (χ1n) is 11.7. The molecule has 1 saturated heterocycles. The lowest BCUT2D eigenvalue weighted by molar-refractivity contribution is -0.113. The third-order valence-corrected chi connectivity index (χ3v) is 8.16. The van der Waals surface area contributed by atoms with E-state index in [9.17, 15) is 4.79 Å². The molecule has 0 spiro atoms. The van der Waals surface area contributed by atoms with Gasteiger partial charge in [0.05, 0.1) is 0 Å². The number of aryl methyl sites for hydroxylation is 2. The molecule has 0 unspecified atom stereocenters. The van der Waals surface area contributed by atoms with E-state index in [2.05, 4.69) is 61.3 Å². The number of carbonyl (C=O) groups is 1. The number of piperidine rings is 1. The van der Waals surface area contributed by atoms with E-state index in [0.717, 1.165) is 30.1 Å². The average Bonchev–Trinajstić information content (AvgIpc) is 2.78. The maximum Gasteiger partial charge on any atom is 0.302 e. The fourth-order valence-corrected chi connectivity index (χ4v) is 6.40. The van der Waals surface area contributed by atoms with Crippen LogP contribution in [0, 0.1) is 31.6 Å². The van der Waals surface area contributed by atoms with Crippen molar-refractivity contribution in [1.82, 2.24) is 5.32 Å². The van der Waals surface area contributed by atoms with Gasteiger partial charge in [0.25, 0.3) is 0 Å². The van der Waals surface area contributed by atoms with E-state index in [1.165, 1.54) is 54.4 Å². The summed E-state index contributed by atoms with van der Waals surface area (Å²) >= 11 is 0. The predicted molar refractivity (Wildman–Crippen MR) is 126 cm³/mol. The third kappa shape index (κ3) is 3.38. The lowest BCUT2D eigenvalue weighted by Crippen LogP contribution is -2.59. The number of nitrogens with one attached hydrogen (secondary N) is 1. The summed E-state index contributed by atoms with van der Waals surface area (Å²) in [6.45, 7) is 5.28. The van der Waals surface area contributed by atoms with Gasteiger partial charge >= 0.3 is 5.91 Å². The SMILES string of the molecule is Cc1ccc(C#CC(=O)N(C)c2cccc3c2C[C@H]2NCC[C@@]34CCCC[C@@H]24)cc1C. The molecule has 1 N–H and O–H groups in total. The van der Waals surface area contributed by atoms with Crippen LogP contribution in [0.3, 0.4) is 0 Å². The molecule has 1 saturated carbocycles. The summed E-state index contributed by atoms with van der Waals surface area (Å²) in [5.74, 6) is 6.54. The Morgan fingerprint density at radius 2 is 2.00 bits per heavy atom. The predicted octanol–water partition coefficient (Wildman–Crippen LogP) is 4.66. The summed E-state index contributed by atoms with van der Waals surface area (Å²) in [6.07, 6.45) is 7.53. The molecule has 2 fully saturated rings. The van der Waals surface area contributed by atoms with Gasteiger partial charge in [-0.2, -0.15) is 0 Å². The highest BCUT2D eigenvalue weighted by Crippen LogP contribution is 2.55. The molecule has 2 aromatic rings. The molecule has 3 nitrogen and oxygen atoms in total. The van der Waals surface area contributed by atoms with E-state index in [-0.39, 0.29) is 5.91 Å². The maximum atomic E-state index is 13.0. The molecule has 3 heteroatoms. The normalized spacial score (nSPS) is 26.2. The Labute approximate surface area is 186 Å². The number of nitrogens with zero attached hydrogens (tertiary/aromatic N) is 1. The van der Waals surface area contributed by atoms with Crippen LogP contribution in [0.5, 0.6) is 0 Å². The van der Waals surface area contributed by atoms with Crippen LogP contribution in [0.2, 0.25) is 0 Å². The summed E-state index contributed by atoms with van der Waals surface area (Å²) in [4.78, 5) is 14.8. The molecular formula is C28H32N2O. The summed E-state index contributed by atoms with van der Waals surface area (Å²) < 4.78 is 0. The number of hydrogen-bond donors (Lipinski definition) is 1. The zero-order valence-electron chi connectivity index (χ0n) is 18.9. The highest BCUT2D eigenvalue weighted by molar-refractivity contribution is 6.06. The average molecular weight is 413 g/mol. The Bertz CT molecular complexity index is 1090. The largest absolute Gasteiger partial charge is 0.313 e. The van der Waals surface area contributed by atoms with Gasteiger partial charge in [0.2, 0.25) is 0 Å². The van der Waals surface area contributed by atoms with Crippen molar-refractivity contribution in [3.05, 3.63) is 64.2 Å². The minimum absolute atomic E-state index is 0.145. The van der Waals surface area contributed by atoms with Gasteiger partial charge in [0, 0.05) is 35.7 Å². The third-order valence-electron chi connectivity index (χ3n) is 8.16. The van der Waals surface area contributed by atoms with Gasteiger partial charge < -0.3 is 10.2 Å². The Balaban J connectivity index is 1.48. The number of rotatable bonds is 1. The zero-order valence-corrected chi connectivity index (χ0v) is 18.9. The Kier molecular flexibility index (Phi) is 5.15. The van der Waals surface area contributed by atoms with Gasteiger partial charge in [-0.25, -0.2) is 0 Å². The summed E-state index contributed by atoms with van der Waals surface area (Å²) in [5, 5.41) is 3.81. The van der Waals surface area contributed by atoms with Crippen molar-refractivity contribution in [2.24, 2.45) is 5.92 Å². The molecule has 0 aromatic heterocycles. The van der Waals surface area contributed by atoms with Crippen LogP contribution in [-0.2, 0) is 16.6 Å². The van der Waals surface area contributed by atoms with Crippen LogP contribution < -0.4 is 10.2 Å². The van der Waals surface area contributed by atoms with Crippen molar-refractivity contribution in [2.75, 3.05) is 18.5 Å². The standard InChI is InChI=1S/C28H32N2O/c1-19-10-11-21(17-20(19)2)12-13-27(31)30(3)26-9-6-8-23-22(26)18-25-24-7-4-5-14-28(23,24)15-16-29-25/h6,8-11,17,24-25,29H,4-5,7,14-16,18H2,1-3H3/t24-,25+,28-/m0/s1. The quantitative estimate of drug-likeness (QED) is 0.691. The van der Waals surface area contributed by atoms with Crippen molar-refractivity contribution < 1.29 is 4.79 Å². The molecule has 0 radical (unpaired) electrons. The summed E-state index contributed by atoms with van der Waals surface area (Å²) in [6, 6.07) is 13.2. The first-order chi connectivity index (χ1) is 15.0. The van der Waals surface area contributed by atoms with Gasteiger partial charge in [0.1, 0.15) is 0 Å². The zero-order chi connectivity index (χ0) is 21.6. The molecule has 160 valence electrons. The summed E-state index contributed by atoms with van der Waals surface area (Å²) in [7, 11) is 1.88. The second-order valence-electron chi connectivity index (χ2n) is 9.74. The molecule has 2 bridgehead atoms. The van der Waals surface area contributed by atoms with E-state index in [4.69, 9.17) is 0 Å². The lowest BCUT2D eigenvalue weighted by Gasteiger charge is -2.56. The van der Waals surface area contributed by atoms with E-state index in [1.807, 2.05) is 13.1 Å². The van der Waals surface area contributed by atoms with E-state index in [1.54, 1.807) is 4.90 Å². The Morgan fingerprint density at radius 3 is 2.84 bits per heavy atom. The number of carbonyl (C=O) groups excluding carboxylic acids is 1. The fourth-order valence-electron chi connectivity index (χ4n) is 6.40. The molecule has 2 aliphatic carbocycles. The van der Waals surface area contributed by atoms with Crippen LogP contribution >= 0.6 is 0 Å². The maximum absolute atomic E-state index is 13.0. The van der Waals surface area contributed by atoms with Gasteiger partial charge in [0.15, 0.2) is 0 Å². The molecular weight excluding hydrogens is 380 g/mol. The van der Waals surface area contributed by atoms with E-state index >= 15 is 0 Å². The molecule has 3 atom stereocenters. The van der Waals surface area contributed by atoms with Gasteiger partial charge in [-0.15, -0.1) is 0 Å². The molecule has 1 aliphatic heterocycles. The molecule has 31 heavy (non-hydrogen) atoms. The number of hydrogen-bond acceptors (Lipinski definition) is 2. The smallest absolute Gasteiger partial charge is 0.302 e. The van der Waals surface area contributed by atoms with E-state index < -0.39 is 0 Å². The van der Waals surface area contributed by atoms with Crippen LogP contribution in [0.25, 0.3) is 0 Å². The highest BCUT2D eigenvalue weighted by Gasteiger charge is 2.51. The molecule has 2 aromatic carbocycles. The Morgan fingerprint density at radius 1 is 1.13 bits per heavy atom. The Hall–Kier alpha value is -2.57. The van der Waals surface area contributed by atoms with Crippen LogP contribution in [0.15, 0.2) is 36.4 Å². The van der Waals surface area contributed by atoms with Crippen molar-refractivity contribution >= 4 is 11.6 Å². The monoisotopic (exact) mass is 412 g/mol. The second kappa shape index (κ2) is 7.84. The van der Waals surface area contributed by atoms with Gasteiger partial charge in [-0.1, -0.05) is 37.0 Å².